The molecule has 0 aliphatic heterocycles. The van der Waals surface area contributed by atoms with Crippen molar-refractivity contribution in [2.45, 2.75) is 17.0 Å². The van der Waals surface area contributed by atoms with Gasteiger partial charge in [0.2, 0.25) is 0 Å². The lowest BCUT2D eigenvalue weighted by Gasteiger charge is -2.00. The zero-order valence-electron chi connectivity index (χ0n) is 8.91. The zero-order valence-corrected chi connectivity index (χ0v) is 9.73. The molecule has 5 nitrogen and oxygen atoms in total. The van der Waals surface area contributed by atoms with Gasteiger partial charge in [-0.2, -0.15) is 5.10 Å². The van der Waals surface area contributed by atoms with Crippen LogP contribution in [0, 0.1) is 6.92 Å². The Hall–Kier alpha value is -1.69. The molecule has 2 aromatic heterocycles. The van der Waals surface area contributed by atoms with E-state index >= 15 is 0 Å². The van der Waals surface area contributed by atoms with E-state index in [0.717, 1.165) is 22.0 Å². The van der Waals surface area contributed by atoms with Crippen molar-refractivity contribution in [3.63, 3.8) is 0 Å². The van der Waals surface area contributed by atoms with Gasteiger partial charge >= 0.3 is 0 Å². The number of aromatic nitrogens is 4. The number of rotatable bonds is 3. The minimum absolute atomic E-state index is 0.609. The van der Waals surface area contributed by atoms with Gasteiger partial charge in [-0.25, -0.2) is 4.98 Å². The number of hydrogen-bond acceptors (Lipinski definition) is 5. The molecule has 0 unspecified atom stereocenters. The van der Waals surface area contributed by atoms with E-state index in [1.54, 1.807) is 30.3 Å². The molecule has 0 N–H and O–H groups in total. The molecule has 0 bridgehead atoms. The van der Waals surface area contributed by atoms with Crippen LogP contribution in [0.5, 0.6) is 0 Å². The fraction of sp³-hybridized carbons (Fsp3) is 0.200. The van der Waals surface area contributed by atoms with Crippen molar-refractivity contribution in [3.05, 3.63) is 29.8 Å². The van der Waals surface area contributed by atoms with Crippen molar-refractivity contribution in [1.29, 1.82) is 0 Å². The first-order chi connectivity index (χ1) is 7.72. The van der Waals surface area contributed by atoms with Crippen molar-refractivity contribution < 1.29 is 4.79 Å². The standard InChI is InChI=1S/C10H10N4OS/c1-7-8(6-15)10(14(2)13-7)16-9-5-11-3-4-12-9/h3-6H,1-2H3. The summed E-state index contributed by atoms with van der Waals surface area (Å²) in [6.07, 6.45) is 5.70. The second-order valence-electron chi connectivity index (χ2n) is 3.19. The van der Waals surface area contributed by atoms with Crippen LogP contribution >= 0.6 is 11.8 Å². The quantitative estimate of drug-likeness (QED) is 0.753. The highest BCUT2D eigenvalue weighted by Crippen LogP contribution is 2.28. The minimum Gasteiger partial charge on any atom is -0.298 e. The molecular formula is C10H10N4OS. The van der Waals surface area contributed by atoms with E-state index in [9.17, 15) is 4.79 Å². The molecule has 6 heteroatoms. The van der Waals surface area contributed by atoms with Crippen LogP contribution in [0.3, 0.4) is 0 Å². The summed E-state index contributed by atoms with van der Waals surface area (Å²) in [5, 5.41) is 5.72. The summed E-state index contributed by atoms with van der Waals surface area (Å²) in [6.45, 7) is 1.81. The summed E-state index contributed by atoms with van der Waals surface area (Å²) >= 11 is 1.38. The lowest BCUT2D eigenvalue weighted by molar-refractivity contribution is 0.112. The molecule has 0 aromatic carbocycles. The number of hydrogen-bond donors (Lipinski definition) is 0. The van der Waals surface area contributed by atoms with Gasteiger partial charge in [-0.1, -0.05) is 0 Å². The number of aldehydes is 1. The highest BCUT2D eigenvalue weighted by Gasteiger charge is 2.14. The van der Waals surface area contributed by atoms with E-state index < -0.39 is 0 Å². The van der Waals surface area contributed by atoms with Crippen LogP contribution < -0.4 is 0 Å². The molecule has 0 radical (unpaired) electrons. The third-order valence-corrected chi connectivity index (χ3v) is 3.17. The van der Waals surface area contributed by atoms with E-state index in [1.807, 2.05) is 6.92 Å². The molecule has 2 heterocycles. The Bertz CT molecular complexity index is 509. The SMILES string of the molecule is Cc1nn(C)c(Sc2cnccn2)c1C=O. The summed E-state index contributed by atoms with van der Waals surface area (Å²) in [7, 11) is 1.80. The Labute approximate surface area is 96.9 Å². The molecular weight excluding hydrogens is 224 g/mol. The smallest absolute Gasteiger partial charge is 0.154 e. The molecule has 0 saturated carbocycles. The summed E-state index contributed by atoms with van der Waals surface area (Å²) < 4.78 is 1.68. The number of carbonyl (C=O) groups excluding carboxylic acids is 1. The molecule has 0 atom stereocenters. The Morgan fingerprint density at radius 2 is 2.25 bits per heavy atom. The van der Waals surface area contributed by atoms with Gasteiger partial charge < -0.3 is 0 Å². The summed E-state index contributed by atoms with van der Waals surface area (Å²) in [4.78, 5) is 19.1. The lowest BCUT2D eigenvalue weighted by Crippen LogP contribution is -1.94. The second-order valence-corrected chi connectivity index (χ2v) is 4.20. The first kappa shape index (κ1) is 10.8. The van der Waals surface area contributed by atoms with Gasteiger partial charge in [-0.15, -0.1) is 0 Å². The molecule has 0 aliphatic rings. The number of carbonyl (C=O) groups is 1. The van der Waals surface area contributed by atoms with E-state index in [1.165, 1.54) is 11.8 Å². The fourth-order valence-corrected chi connectivity index (χ4v) is 2.25. The topological polar surface area (TPSA) is 60.7 Å². The summed E-state index contributed by atoms with van der Waals surface area (Å²) in [5.41, 5.74) is 1.34. The van der Waals surface area contributed by atoms with Gasteiger partial charge in [-0.3, -0.25) is 14.5 Å². The van der Waals surface area contributed by atoms with E-state index in [4.69, 9.17) is 0 Å². The first-order valence-corrected chi connectivity index (χ1v) is 5.46. The summed E-state index contributed by atoms with van der Waals surface area (Å²) in [5.74, 6) is 0. The monoisotopic (exact) mass is 234 g/mol. The number of nitrogens with zero attached hydrogens (tertiary/aromatic N) is 4. The van der Waals surface area contributed by atoms with E-state index in [-0.39, 0.29) is 0 Å². The predicted octanol–water partition coefficient (Wildman–Crippen LogP) is 1.48. The van der Waals surface area contributed by atoms with Gasteiger partial charge in [0.25, 0.3) is 0 Å². The zero-order chi connectivity index (χ0) is 11.5. The normalized spacial score (nSPS) is 10.4. The lowest BCUT2D eigenvalue weighted by atomic mass is 10.3. The molecule has 0 saturated heterocycles. The first-order valence-electron chi connectivity index (χ1n) is 4.65. The molecule has 82 valence electrons. The van der Waals surface area contributed by atoms with Crippen molar-refractivity contribution in [1.82, 2.24) is 19.7 Å². The average Bonchev–Trinajstić information content (AvgIpc) is 2.55. The third-order valence-electron chi connectivity index (χ3n) is 2.07. The Morgan fingerprint density at radius 3 is 2.88 bits per heavy atom. The number of aryl methyl sites for hydroxylation is 2. The van der Waals surface area contributed by atoms with Gasteiger partial charge in [0.1, 0.15) is 10.1 Å². The van der Waals surface area contributed by atoms with Gasteiger partial charge in [0, 0.05) is 19.4 Å². The average molecular weight is 234 g/mol. The maximum Gasteiger partial charge on any atom is 0.154 e. The Morgan fingerprint density at radius 1 is 1.44 bits per heavy atom. The Balaban J connectivity index is 2.38. The van der Waals surface area contributed by atoms with E-state index in [0.29, 0.717) is 5.56 Å². The molecule has 0 aliphatic carbocycles. The third kappa shape index (κ3) is 1.96. The van der Waals surface area contributed by atoms with E-state index in [2.05, 4.69) is 15.1 Å². The second kappa shape index (κ2) is 4.44. The Kier molecular flexibility index (Phi) is 3.00. The van der Waals surface area contributed by atoms with Crippen molar-refractivity contribution >= 4 is 18.0 Å². The predicted molar refractivity (Wildman–Crippen MR) is 59.5 cm³/mol. The highest BCUT2D eigenvalue weighted by atomic mass is 32.2. The van der Waals surface area contributed by atoms with Crippen LogP contribution in [0.15, 0.2) is 28.6 Å². The van der Waals surface area contributed by atoms with Crippen LogP contribution in [0.4, 0.5) is 0 Å². The van der Waals surface area contributed by atoms with Crippen LogP contribution in [0.1, 0.15) is 16.1 Å². The maximum atomic E-state index is 10.9. The molecule has 0 amide bonds. The van der Waals surface area contributed by atoms with Crippen LogP contribution in [0.2, 0.25) is 0 Å². The van der Waals surface area contributed by atoms with Crippen LogP contribution in [0.25, 0.3) is 0 Å². The molecule has 16 heavy (non-hydrogen) atoms. The van der Waals surface area contributed by atoms with Gasteiger partial charge in [0.15, 0.2) is 6.29 Å². The molecule has 0 fully saturated rings. The highest BCUT2D eigenvalue weighted by molar-refractivity contribution is 7.99. The largest absolute Gasteiger partial charge is 0.298 e. The van der Waals surface area contributed by atoms with Crippen molar-refractivity contribution in [3.8, 4) is 0 Å². The van der Waals surface area contributed by atoms with Crippen LogP contribution in [-0.4, -0.2) is 26.0 Å². The maximum absolute atomic E-state index is 10.9. The van der Waals surface area contributed by atoms with Gasteiger partial charge in [-0.05, 0) is 18.7 Å². The minimum atomic E-state index is 0.609. The van der Waals surface area contributed by atoms with Crippen molar-refractivity contribution in [2.24, 2.45) is 7.05 Å². The summed E-state index contributed by atoms with van der Waals surface area (Å²) in [6, 6.07) is 0. The van der Waals surface area contributed by atoms with Crippen LogP contribution in [-0.2, 0) is 7.05 Å². The molecule has 0 spiro atoms. The van der Waals surface area contributed by atoms with Gasteiger partial charge in [0.05, 0.1) is 17.5 Å². The fourth-order valence-electron chi connectivity index (χ4n) is 1.35. The molecule has 2 rings (SSSR count). The molecule has 2 aromatic rings. The van der Waals surface area contributed by atoms with Crippen molar-refractivity contribution in [2.75, 3.05) is 0 Å².